The van der Waals surface area contributed by atoms with Crippen LogP contribution < -0.4 is 0 Å². The first-order valence-corrected chi connectivity index (χ1v) is 8.80. The van der Waals surface area contributed by atoms with Crippen LogP contribution in [0.3, 0.4) is 0 Å². The maximum Gasteiger partial charge on any atom is 0.0917 e. The molecule has 0 bridgehead atoms. The molecule has 3 aromatic rings. The van der Waals surface area contributed by atoms with Crippen LogP contribution in [0.25, 0.3) is 0 Å². The molecule has 4 nitrogen and oxygen atoms in total. The molecular weight excluding hydrogens is 324 g/mol. The predicted molar refractivity (Wildman–Crippen MR) is 102 cm³/mol. The van der Waals surface area contributed by atoms with Crippen molar-refractivity contribution in [1.29, 1.82) is 0 Å². The van der Waals surface area contributed by atoms with E-state index in [1.807, 2.05) is 83.8 Å². The molecule has 4 heteroatoms. The minimum atomic E-state index is -0.622. The number of pyridine rings is 1. The lowest BCUT2D eigenvalue weighted by atomic mass is 10.1. The van der Waals surface area contributed by atoms with Crippen molar-refractivity contribution in [1.82, 2.24) is 9.88 Å². The van der Waals surface area contributed by atoms with Crippen LogP contribution in [0, 0.1) is 0 Å². The molecule has 1 heterocycles. The Labute approximate surface area is 154 Å². The Morgan fingerprint density at radius 2 is 1.19 bits per heavy atom. The van der Waals surface area contributed by atoms with E-state index in [0.717, 1.165) is 16.8 Å². The van der Waals surface area contributed by atoms with Crippen LogP contribution >= 0.6 is 0 Å². The van der Waals surface area contributed by atoms with Gasteiger partial charge in [0, 0.05) is 25.8 Å². The Morgan fingerprint density at radius 3 is 1.65 bits per heavy atom. The first kappa shape index (κ1) is 18.3. The van der Waals surface area contributed by atoms with Gasteiger partial charge in [-0.05, 0) is 23.3 Å². The second-order valence-corrected chi connectivity index (χ2v) is 6.37. The standard InChI is InChI=1S/C22H24N2O2/c25-21(18-9-3-1-4-10-18)16-24(15-20-13-7-8-14-23-20)17-22(26)19-11-5-2-6-12-19/h1-14,21-22,25-26H,15-17H2. The molecule has 0 amide bonds. The number of hydrogen-bond donors (Lipinski definition) is 2. The normalized spacial score (nSPS) is 13.5. The highest BCUT2D eigenvalue weighted by molar-refractivity contribution is 5.19. The van der Waals surface area contributed by atoms with Crippen LogP contribution in [0.1, 0.15) is 29.0 Å². The van der Waals surface area contributed by atoms with E-state index < -0.39 is 12.2 Å². The summed E-state index contributed by atoms with van der Waals surface area (Å²) in [6, 6.07) is 25.0. The average Bonchev–Trinajstić information content (AvgIpc) is 2.70. The zero-order chi connectivity index (χ0) is 18.2. The van der Waals surface area contributed by atoms with E-state index in [0.29, 0.717) is 19.6 Å². The molecule has 0 fully saturated rings. The van der Waals surface area contributed by atoms with Gasteiger partial charge in [0.25, 0.3) is 0 Å². The van der Waals surface area contributed by atoms with Gasteiger partial charge in [-0.2, -0.15) is 0 Å². The van der Waals surface area contributed by atoms with E-state index in [2.05, 4.69) is 4.98 Å². The van der Waals surface area contributed by atoms with E-state index >= 15 is 0 Å². The van der Waals surface area contributed by atoms with Crippen molar-refractivity contribution in [2.45, 2.75) is 18.8 Å². The highest BCUT2D eigenvalue weighted by atomic mass is 16.3. The molecule has 0 aliphatic heterocycles. The van der Waals surface area contributed by atoms with Crippen molar-refractivity contribution >= 4 is 0 Å². The fourth-order valence-electron chi connectivity index (χ4n) is 2.97. The summed E-state index contributed by atoms with van der Waals surface area (Å²) in [5.41, 5.74) is 2.65. The van der Waals surface area contributed by atoms with Gasteiger partial charge in [0.1, 0.15) is 0 Å². The topological polar surface area (TPSA) is 56.6 Å². The quantitative estimate of drug-likeness (QED) is 0.655. The maximum absolute atomic E-state index is 10.6. The van der Waals surface area contributed by atoms with Crippen LogP contribution in [-0.4, -0.2) is 33.2 Å². The second-order valence-electron chi connectivity index (χ2n) is 6.37. The van der Waals surface area contributed by atoms with Gasteiger partial charge in [-0.25, -0.2) is 0 Å². The van der Waals surface area contributed by atoms with Crippen molar-refractivity contribution in [3.8, 4) is 0 Å². The summed E-state index contributed by atoms with van der Waals surface area (Å²) in [4.78, 5) is 6.41. The summed E-state index contributed by atoms with van der Waals surface area (Å²) in [6.07, 6.45) is 0.514. The monoisotopic (exact) mass is 348 g/mol. The molecular formula is C22H24N2O2. The molecule has 0 radical (unpaired) electrons. The van der Waals surface area contributed by atoms with Gasteiger partial charge in [0.2, 0.25) is 0 Å². The molecule has 0 spiro atoms. The first-order valence-electron chi connectivity index (χ1n) is 8.80. The van der Waals surface area contributed by atoms with E-state index in [4.69, 9.17) is 0 Å². The summed E-state index contributed by atoms with van der Waals surface area (Å²) in [5, 5.41) is 21.2. The van der Waals surface area contributed by atoms with Gasteiger partial charge >= 0.3 is 0 Å². The smallest absolute Gasteiger partial charge is 0.0917 e. The Hall–Kier alpha value is -2.53. The van der Waals surface area contributed by atoms with Gasteiger partial charge in [0.05, 0.1) is 17.9 Å². The number of nitrogens with zero attached hydrogens (tertiary/aromatic N) is 2. The number of aromatic nitrogens is 1. The van der Waals surface area contributed by atoms with E-state index in [-0.39, 0.29) is 0 Å². The summed E-state index contributed by atoms with van der Waals surface area (Å²) < 4.78 is 0. The second kappa shape index (κ2) is 9.25. The third kappa shape index (κ3) is 5.23. The zero-order valence-electron chi connectivity index (χ0n) is 14.6. The number of aliphatic hydroxyl groups excluding tert-OH is 2. The summed E-state index contributed by atoms with van der Waals surface area (Å²) in [5.74, 6) is 0. The molecule has 26 heavy (non-hydrogen) atoms. The predicted octanol–water partition coefficient (Wildman–Crippen LogP) is 3.35. The summed E-state index contributed by atoms with van der Waals surface area (Å²) in [7, 11) is 0. The molecule has 2 unspecified atom stereocenters. The lowest BCUT2D eigenvalue weighted by Crippen LogP contribution is -2.32. The maximum atomic E-state index is 10.6. The van der Waals surface area contributed by atoms with E-state index in [9.17, 15) is 10.2 Å². The number of benzene rings is 2. The number of hydrogen-bond acceptors (Lipinski definition) is 4. The van der Waals surface area contributed by atoms with Gasteiger partial charge in [-0.15, -0.1) is 0 Å². The lowest BCUT2D eigenvalue weighted by molar-refractivity contribution is 0.0640. The highest BCUT2D eigenvalue weighted by Gasteiger charge is 2.18. The van der Waals surface area contributed by atoms with E-state index in [1.54, 1.807) is 6.20 Å². The van der Waals surface area contributed by atoms with Crippen LogP contribution in [0.4, 0.5) is 0 Å². The van der Waals surface area contributed by atoms with Crippen LogP contribution in [0.5, 0.6) is 0 Å². The minimum Gasteiger partial charge on any atom is -0.387 e. The molecule has 0 saturated carbocycles. The molecule has 0 saturated heterocycles. The summed E-state index contributed by atoms with van der Waals surface area (Å²) >= 11 is 0. The first-order chi connectivity index (χ1) is 12.7. The molecule has 0 aliphatic rings. The largest absolute Gasteiger partial charge is 0.387 e. The molecule has 2 atom stereocenters. The van der Waals surface area contributed by atoms with Crippen LogP contribution in [-0.2, 0) is 6.54 Å². The Morgan fingerprint density at radius 1 is 0.692 bits per heavy atom. The minimum absolute atomic E-state index is 0.421. The molecule has 134 valence electrons. The SMILES string of the molecule is OC(CN(Cc1ccccn1)CC(O)c1ccccc1)c1ccccc1. The number of aliphatic hydroxyl groups is 2. The fraction of sp³-hybridized carbons (Fsp3) is 0.227. The Bertz CT molecular complexity index is 718. The highest BCUT2D eigenvalue weighted by Crippen LogP contribution is 2.19. The summed E-state index contributed by atoms with van der Waals surface area (Å²) in [6.45, 7) is 1.41. The molecule has 0 aliphatic carbocycles. The van der Waals surface area contributed by atoms with Crippen LogP contribution in [0.15, 0.2) is 85.1 Å². The van der Waals surface area contributed by atoms with Crippen molar-refractivity contribution in [2.24, 2.45) is 0 Å². The molecule has 1 aromatic heterocycles. The van der Waals surface area contributed by atoms with Crippen LogP contribution in [0.2, 0.25) is 0 Å². The van der Waals surface area contributed by atoms with Gasteiger partial charge in [0.15, 0.2) is 0 Å². The van der Waals surface area contributed by atoms with E-state index in [1.165, 1.54) is 0 Å². The number of rotatable bonds is 8. The average molecular weight is 348 g/mol. The zero-order valence-corrected chi connectivity index (χ0v) is 14.6. The molecule has 3 rings (SSSR count). The molecule has 2 aromatic carbocycles. The van der Waals surface area contributed by atoms with Crippen molar-refractivity contribution in [3.05, 3.63) is 102 Å². The third-order valence-corrected chi connectivity index (χ3v) is 4.34. The van der Waals surface area contributed by atoms with Gasteiger partial charge < -0.3 is 10.2 Å². The van der Waals surface area contributed by atoms with Gasteiger partial charge in [-0.3, -0.25) is 9.88 Å². The molecule has 2 N–H and O–H groups in total. The van der Waals surface area contributed by atoms with Crippen molar-refractivity contribution < 1.29 is 10.2 Å². The Kier molecular flexibility index (Phi) is 6.50. The third-order valence-electron chi connectivity index (χ3n) is 4.34. The van der Waals surface area contributed by atoms with Crippen molar-refractivity contribution in [2.75, 3.05) is 13.1 Å². The van der Waals surface area contributed by atoms with Crippen molar-refractivity contribution in [3.63, 3.8) is 0 Å². The lowest BCUT2D eigenvalue weighted by Gasteiger charge is -2.27. The van der Waals surface area contributed by atoms with Gasteiger partial charge in [-0.1, -0.05) is 66.7 Å². The fourth-order valence-corrected chi connectivity index (χ4v) is 2.97. The Balaban J connectivity index is 1.73.